The molecule has 0 aliphatic carbocycles. The number of rotatable bonds is 9. The van der Waals surface area contributed by atoms with E-state index in [0.717, 1.165) is 0 Å². The van der Waals surface area contributed by atoms with E-state index in [4.69, 9.17) is 5.11 Å². The Bertz CT molecular complexity index is 384. The third kappa shape index (κ3) is 7.88. The van der Waals surface area contributed by atoms with Crippen LogP contribution in [0, 0.1) is 5.92 Å². The van der Waals surface area contributed by atoms with E-state index in [2.05, 4.69) is 26.6 Å². The van der Waals surface area contributed by atoms with E-state index < -0.39 is 17.9 Å². The van der Waals surface area contributed by atoms with E-state index in [-0.39, 0.29) is 42.3 Å². The van der Waals surface area contributed by atoms with Crippen LogP contribution in [-0.4, -0.2) is 46.6 Å². The zero-order valence-electron chi connectivity index (χ0n) is 11.4. The largest absolute Gasteiger partial charge is 0.481 e. The predicted molar refractivity (Wildman–Crippen MR) is 75.4 cm³/mol. The van der Waals surface area contributed by atoms with E-state index in [1.807, 2.05) is 0 Å². The third-order valence-corrected chi connectivity index (χ3v) is 2.97. The molecule has 7 nitrogen and oxygen atoms in total. The fourth-order valence-electron chi connectivity index (χ4n) is 1.43. The van der Waals surface area contributed by atoms with Crippen molar-refractivity contribution < 1.29 is 24.3 Å². The summed E-state index contributed by atoms with van der Waals surface area (Å²) in [7, 11) is 0. The van der Waals surface area contributed by atoms with Gasteiger partial charge in [-0.3, -0.25) is 19.2 Å². The fourth-order valence-corrected chi connectivity index (χ4v) is 1.63. The smallest absolute Gasteiger partial charge is 0.303 e. The van der Waals surface area contributed by atoms with Crippen LogP contribution in [0.4, 0.5) is 0 Å². The van der Waals surface area contributed by atoms with Crippen LogP contribution >= 0.6 is 15.9 Å². The standard InChI is InChI=1S/C12H19BrN2O5/c1-7(2)12(20)8(3-4-11(18)19)15-10(17)6-14-9(16)5-13/h7-8H,3-6H2,1-2H3,(H,14,16)(H,15,17)(H,18,19)/t8-/m0/s1. The van der Waals surface area contributed by atoms with Crippen molar-refractivity contribution in [3.05, 3.63) is 0 Å². The lowest BCUT2D eigenvalue weighted by Gasteiger charge is -2.19. The summed E-state index contributed by atoms with van der Waals surface area (Å²) in [5, 5.41) is 13.5. The molecule has 3 N–H and O–H groups in total. The highest BCUT2D eigenvalue weighted by Gasteiger charge is 2.23. The van der Waals surface area contributed by atoms with Crippen molar-refractivity contribution in [3.8, 4) is 0 Å². The van der Waals surface area contributed by atoms with Crippen LogP contribution in [0.3, 0.4) is 0 Å². The first-order valence-electron chi connectivity index (χ1n) is 6.15. The number of carbonyl (C=O) groups is 4. The van der Waals surface area contributed by atoms with Crippen molar-refractivity contribution in [2.24, 2.45) is 5.92 Å². The minimum Gasteiger partial charge on any atom is -0.481 e. The molecule has 0 aromatic carbocycles. The number of halogens is 1. The third-order valence-electron chi connectivity index (χ3n) is 2.46. The minimum absolute atomic E-state index is 0.0322. The van der Waals surface area contributed by atoms with Gasteiger partial charge in [0.15, 0.2) is 5.78 Å². The molecule has 0 heterocycles. The van der Waals surface area contributed by atoms with Crippen molar-refractivity contribution >= 4 is 39.5 Å². The van der Waals surface area contributed by atoms with Gasteiger partial charge >= 0.3 is 5.97 Å². The summed E-state index contributed by atoms with van der Waals surface area (Å²) in [6, 6.07) is -0.848. The molecule has 1 atom stereocenters. The number of aliphatic carboxylic acids is 1. The molecule has 8 heteroatoms. The van der Waals surface area contributed by atoms with Gasteiger partial charge < -0.3 is 15.7 Å². The maximum Gasteiger partial charge on any atom is 0.303 e. The Morgan fingerprint density at radius 3 is 2.20 bits per heavy atom. The number of hydrogen-bond acceptors (Lipinski definition) is 4. The second-order valence-corrected chi connectivity index (χ2v) is 5.08. The van der Waals surface area contributed by atoms with Gasteiger partial charge in [0, 0.05) is 12.3 Å². The summed E-state index contributed by atoms with van der Waals surface area (Å²) in [4.78, 5) is 45.0. The molecule has 0 aliphatic rings. The molecule has 0 bridgehead atoms. The monoisotopic (exact) mass is 350 g/mol. The van der Waals surface area contributed by atoms with Gasteiger partial charge in [-0.2, -0.15) is 0 Å². The van der Waals surface area contributed by atoms with Crippen LogP contribution in [0.5, 0.6) is 0 Å². The first-order chi connectivity index (χ1) is 9.27. The lowest BCUT2D eigenvalue weighted by Crippen LogP contribution is -2.47. The van der Waals surface area contributed by atoms with Gasteiger partial charge in [-0.05, 0) is 6.42 Å². The zero-order valence-corrected chi connectivity index (χ0v) is 13.0. The van der Waals surface area contributed by atoms with Crippen LogP contribution in [0.1, 0.15) is 26.7 Å². The predicted octanol–water partition coefficient (Wildman–Crippen LogP) is 0.0722. The number of carboxylic acid groups (broad SMARTS) is 1. The lowest BCUT2D eigenvalue weighted by molar-refractivity contribution is -0.138. The summed E-state index contributed by atoms with van der Waals surface area (Å²) in [5.74, 6) is -2.45. The van der Waals surface area contributed by atoms with Crippen LogP contribution in [0.2, 0.25) is 0 Å². The Kier molecular flexibility index (Phi) is 8.78. The summed E-state index contributed by atoms with van der Waals surface area (Å²) in [6.07, 6.45) is -0.179. The average Bonchev–Trinajstić information content (AvgIpc) is 2.39. The molecule has 114 valence electrons. The molecule has 20 heavy (non-hydrogen) atoms. The zero-order chi connectivity index (χ0) is 15.7. The Morgan fingerprint density at radius 1 is 1.15 bits per heavy atom. The van der Waals surface area contributed by atoms with Gasteiger partial charge in [0.1, 0.15) is 0 Å². The van der Waals surface area contributed by atoms with Crippen molar-refractivity contribution in [1.82, 2.24) is 10.6 Å². The summed E-state index contributed by atoms with van der Waals surface area (Å²) < 4.78 is 0. The number of ketones is 1. The van der Waals surface area contributed by atoms with Gasteiger partial charge in [0.05, 0.1) is 17.9 Å². The molecule has 0 radical (unpaired) electrons. The lowest BCUT2D eigenvalue weighted by atomic mass is 9.98. The molecular formula is C12H19BrN2O5. The molecule has 0 aromatic rings. The molecule has 0 rings (SSSR count). The van der Waals surface area contributed by atoms with E-state index >= 15 is 0 Å². The Morgan fingerprint density at radius 2 is 1.75 bits per heavy atom. The molecule has 0 fully saturated rings. The minimum atomic E-state index is -1.03. The molecule has 0 saturated heterocycles. The SMILES string of the molecule is CC(C)C(=O)[C@H](CCC(=O)O)NC(=O)CNC(=O)CBr. The van der Waals surface area contributed by atoms with Gasteiger partial charge in [-0.1, -0.05) is 29.8 Å². The van der Waals surface area contributed by atoms with Crippen LogP contribution < -0.4 is 10.6 Å². The molecular weight excluding hydrogens is 332 g/mol. The number of alkyl halides is 1. The molecule has 0 saturated carbocycles. The normalized spacial score (nSPS) is 11.8. The second-order valence-electron chi connectivity index (χ2n) is 4.52. The molecule has 2 amide bonds. The highest BCUT2D eigenvalue weighted by Crippen LogP contribution is 2.06. The van der Waals surface area contributed by atoms with Crippen LogP contribution in [0.15, 0.2) is 0 Å². The highest BCUT2D eigenvalue weighted by molar-refractivity contribution is 9.09. The van der Waals surface area contributed by atoms with E-state index in [9.17, 15) is 19.2 Å². The number of nitrogens with one attached hydrogen (secondary N) is 2. The van der Waals surface area contributed by atoms with Gasteiger partial charge in [-0.15, -0.1) is 0 Å². The van der Waals surface area contributed by atoms with Crippen LogP contribution in [-0.2, 0) is 19.2 Å². The van der Waals surface area contributed by atoms with Gasteiger partial charge in [0.2, 0.25) is 11.8 Å². The fraction of sp³-hybridized carbons (Fsp3) is 0.667. The topological polar surface area (TPSA) is 113 Å². The quantitative estimate of drug-likeness (QED) is 0.509. The van der Waals surface area contributed by atoms with Gasteiger partial charge in [0.25, 0.3) is 0 Å². The van der Waals surface area contributed by atoms with Crippen molar-refractivity contribution in [3.63, 3.8) is 0 Å². The maximum atomic E-state index is 11.9. The maximum absolute atomic E-state index is 11.9. The highest BCUT2D eigenvalue weighted by atomic mass is 79.9. The molecule has 0 aromatic heterocycles. The van der Waals surface area contributed by atoms with Gasteiger partial charge in [-0.25, -0.2) is 0 Å². The van der Waals surface area contributed by atoms with E-state index in [1.54, 1.807) is 13.8 Å². The number of carbonyl (C=O) groups excluding carboxylic acids is 3. The number of hydrogen-bond donors (Lipinski definition) is 3. The Balaban J connectivity index is 4.47. The Hall–Kier alpha value is -1.44. The van der Waals surface area contributed by atoms with Crippen molar-refractivity contribution in [1.29, 1.82) is 0 Å². The number of amides is 2. The van der Waals surface area contributed by atoms with E-state index in [1.165, 1.54) is 0 Å². The number of carboxylic acids is 1. The second kappa shape index (κ2) is 9.46. The summed E-state index contributed by atoms with van der Waals surface area (Å²) in [6.45, 7) is 3.10. The Labute approximate surface area is 125 Å². The molecule has 0 spiro atoms. The van der Waals surface area contributed by atoms with Crippen molar-refractivity contribution in [2.75, 3.05) is 11.9 Å². The summed E-state index contributed by atoms with van der Waals surface area (Å²) >= 11 is 2.94. The average molecular weight is 351 g/mol. The summed E-state index contributed by atoms with van der Waals surface area (Å²) in [5.41, 5.74) is 0. The number of Topliss-reactive ketones (excluding diaryl/α,β-unsaturated/α-hetero) is 1. The van der Waals surface area contributed by atoms with E-state index in [0.29, 0.717) is 0 Å². The first kappa shape index (κ1) is 18.6. The molecule has 0 unspecified atom stereocenters. The van der Waals surface area contributed by atoms with Crippen molar-refractivity contribution in [2.45, 2.75) is 32.7 Å². The first-order valence-corrected chi connectivity index (χ1v) is 7.27. The van der Waals surface area contributed by atoms with Crippen LogP contribution in [0.25, 0.3) is 0 Å². The molecule has 0 aliphatic heterocycles.